The predicted octanol–water partition coefficient (Wildman–Crippen LogP) is 1.82. The van der Waals surface area contributed by atoms with Crippen LogP contribution in [0.4, 0.5) is 0 Å². The Balaban J connectivity index is 2.51. The number of carbonyl (C=O) groups is 1. The van der Waals surface area contributed by atoms with Gasteiger partial charge in [0.1, 0.15) is 16.4 Å². The molecule has 1 amide bonds. The fourth-order valence-corrected chi connectivity index (χ4v) is 2.51. The fourth-order valence-electron chi connectivity index (χ4n) is 1.70. The molecule has 2 rings (SSSR count). The van der Waals surface area contributed by atoms with Crippen LogP contribution in [0.3, 0.4) is 0 Å². The molecule has 2 aromatic rings. The molecule has 0 unspecified atom stereocenters. The first-order valence-electron chi connectivity index (χ1n) is 5.99. The molecule has 0 saturated carbocycles. The molecule has 0 aliphatic carbocycles. The highest BCUT2D eigenvalue weighted by molar-refractivity contribution is 7.90. The number of benzene rings is 1. The number of nitrogens with zero attached hydrogens (tertiary/aromatic N) is 2. The van der Waals surface area contributed by atoms with Gasteiger partial charge < -0.3 is 9.84 Å². The Hall–Kier alpha value is -2.74. The summed E-state index contributed by atoms with van der Waals surface area (Å²) in [6, 6.07) is 6.57. The summed E-state index contributed by atoms with van der Waals surface area (Å²) in [7, 11) is -3.65. The molecule has 22 heavy (non-hydrogen) atoms. The summed E-state index contributed by atoms with van der Waals surface area (Å²) in [5.74, 6) is -0.675. The Morgan fingerprint density at radius 1 is 1.32 bits per heavy atom. The molecular weight excluding hydrogens is 308 g/mol. The Bertz CT molecular complexity index is 846. The molecule has 114 valence electrons. The van der Waals surface area contributed by atoms with Crippen LogP contribution in [0.5, 0.6) is 17.4 Å². The summed E-state index contributed by atoms with van der Waals surface area (Å²) >= 11 is 0. The minimum Gasteiger partial charge on any atom is -0.493 e. The van der Waals surface area contributed by atoms with Gasteiger partial charge in [0, 0.05) is 24.1 Å². The van der Waals surface area contributed by atoms with Gasteiger partial charge in [0.15, 0.2) is 9.84 Å². The van der Waals surface area contributed by atoms with Crippen LogP contribution < -0.4 is 4.74 Å². The molecular formula is C14H12N2O5S. The van der Waals surface area contributed by atoms with Crippen LogP contribution >= 0.6 is 0 Å². The van der Waals surface area contributed by atoms with Gasteiger partial charge in [0.25, 0.3) is 5.91 Å². The molecule has 0 bridgehead atoms. The molecule has 1 N–H and O–H groups in total. The number of hydrogen-bond donors (Lipinski definition) is 1. The molecule has 1 heterocycles. The summed E-state index contributed by atoms with van der Waals surface area (Å²) < 4.78 is 29.2. The van der Waals surface area contributed by atoms with E-state index in [0.717, 1.165) is 6.26 Å². The van der Waals surface area contributed by atoms with Crippen LogP contribution in [0.15, 0.2) is 46.4 Å². The zero-order chi connectivity index (χ0) is 16.3. The maximum Gasteiger partial charge on any atom is 0.276 e. The molecule has 1 aromatic carbocycles. The van der Waals surface area contributed by atoms with Gasteiger partial charge in [-0.05, 0) is 31.0 Å². The van der Waals surface area contributed by atoms with Crippen molar-refractivity contribution in [3.63, 3.8) is 0 Å². The molecule has 0 fully saturated rings. The number of aliphatic imine (C=N–C) groups is 1. The summed E-state index contributed by atoms with van der Waals surface area (Å²) in [6.07, 6.45) is 2.30. The molecule has 0 radical (unpaired) electrons. The Labute approximate surface area is 126 Å². The van der Waals surface area contributed by atoms with Crippen LogP contribution in [0.25, 0.3) is 0 Å². The van der Waals surface area contributed by atoms with E-state index in [1.165, 1.54) is 36.5 Å². The summed E-state index contributed by atoms with van der Waals surface area (Å²) in [4.78, 5) is 18.2. The highest BCUT2D eigenvalue weighted by Gasteiger charge is 2.18. The van der Waals surface area contributed by atoms with E-state index < -0.39 is 15.7 Å². The van der Waals surface area contributed by atoms with E-state index in [4.69, 9.17) is 4.74 Å². The Morgan fingerprint density at radius 3 is 2.64 bits per heavy atom. The van der Waals surface area contributed by atoms with Crippen molar-refractivity contribution in [3.05, 3.63) is 42.1 Å². The fraction of sp³-hybridized carbons (Fsp3) is 0.0714. The van der Waals surface area contributed by atoms with Crippen LogP contribution in [-0.4, -0.2) is 37.4 Å². The van der Waals surface area contributed by atoms with Crippen LogP contribution in [0.1, 0.15) is 10.4 Å². The molecule has 0 saturated heterocycles. The number of aromatic nitrogens is 1. The van der Waals surface area contributed by atoms with Crippen molar-refractivity contribution < 1.29 is 23.1 Å². The third-order valence-electron chi connectivity index (χ3n) is 2.68. The van der Waals surface area contributed by atoms with Gasteiger partial charge in [-0.25, -0.2) is 18.4 Å². The largest absolute Gasteiger partial charge is 0.493 e. The van der Waals surface area contributed by atoms with Gasteiger partial charge in [0.05, 0.1) is 0 Å². The highest BCUT2D eigenvalue weighted by Crippen LogP contribution is 2.30. The van der Waals surface area contributed by atoms with E-state index in [0.29, 0.717) is 0 Å². The normalized spacial score (nSPS) is 11.0. The van der Waals surface area contributed by atoms with Crippen molar-refractivity contribution in [2.75, 3.05) is 6.26 Å². The van der Waals surface area contributed by atoms with Crippen molar-refractivity contribution in [1.82, 2.24) is 4.98 Å². The number of sulfone groups is 1. The summed E-state index contributed by atoms with van der Waals surface area (Å²) in [5, 5.41) is 9.30. The Kier molecular flexibility index (Phi) is 4.22. The average molecular weight is 320 g/mol. The van der Waals surface area contributed by atoms with Gasteiger partial charge in [-0.3, -0.25) is 4.79 Å². The second kappa shape index (κ2) is 5.94. The minimum absolute atomic E-state index is 0.0220. The first-order valence-corrected chi connectivity index (χ1v) is 7.88. The van der Waals surface area contributed by atoms with Crippen LogP contribution in [0, 0.1) is 0 Å². The number of amides is 1. The number of hydrogen-bond acceptors (Lipinski definition) is 6. The van der Waals surface area contributed by atoms with E-state index >= 15 is 0 Å². The first-order chi connectivity index (χ1) is 10.3. The summed E-state index contributed by atoms with van der Waals surface area (Å²) in [6.45, 7) is 3.11. The SMILES string of the molecule is C=NC(=O)c1ccc(Oc2ccnc(O)c2)c(S(C)(=O)=O)c1. The monoisotopic (exact) mass is 320 g/mol. The van der Waals surface area contributed by atoms with Crippen molar-refractivity contribution in [2.45, 2.75) is 4.90 Å². The average Bonchev–Trinajstić information content (AvgIpc) is 2.45. The molecule has 0 aliphatic heterocycles. The Morgan fingerprint density at radius 2 is 2.05 bits per heavy atom. The maximum atomic E-state index is 11.9. The second-order valence-corrected chi connectivity index (χ2v) is 6.33. The van der Waals surface area contributed by atoms with E-state index in [-0.39, 0.29) is 27.8 Å². The van der Waals surface area contributed by atoms with Gasteiger partial charge in [-0.2, -0.15) is 0 Å². The molecule has 0 spiro atoms. The van der Waals surface area contributed by atoms with E-state index in [2.05, 4.69) is 16.7 Å². The molecule has 0 aliphatic rings. The lowest BCUT2D eigenvalue weighted by Gasteiger charge is -2.11. The third-order valence-corrected chi connectivity index (χ3v) is 3.80. The standard InChI is InChI=1S/C14H12N2O5S/c1-15-14(18)9-3-4-11(12(7-9)22(2,19)20)21-10-5-6-16-13(17)8-10/h3-8H,1H2,2H3,(H,16,17). The van der Waals surface area contributed by atoms with Crippen molar-refractivity contribution in [1.29, 1.82) is 0 Å². The lowest BCUT2D eigenvalue weighted by Crippen LogP contribution is -2.04. The molecule has 0 atom stereocenters. The van der Waals surface area contributed by atoms with Gasteiger partial charge in [-0.15, -0.1) is 0 Å². The van der Waals surface area contributed by atoms with E-state index in [9.17, 15) is 18.3 Å². The van der Waals surface area contributed by atoms with Crippen molar-refractivity contribution in [2.24, 2.45) is 4.99 Å². The topological polar surface area (TPSA) is 106 Å². The van der Waals surface area contributed by atoms with E-state index in [1.807, 2.05) is 0 Å². The van der Waals surface area contributed by atoms with Gasteiger partial charge >= 0.3 is 0 Å². The van der Waals surface area contributed by atoms with Crippen molar-refractivity contribution in [3.8, 4) is 17.4 Å². The predicted molar refractivity (Wildman–Crippen MR) is 79.4 cm³/mol. The molecule has 1 aromatic heterocycles. The lowest BCUT2D eigenvalue weighted by atomic mass is 10.2. The quantitative estimate of drug-likeness (QED) is 0.861. The van der Waals surface area contributed by atoms with E-state index in [1.54, 1.807) is 0 Å². The summed E-state index contributed by atoms with van der Waals surface area (Å²) in [5.41, 5.74) is 0.0837. The third kappa shape index (κ3) is 3.47. The maximum absolute atomic E-state index is 11.9. The van der Waals surface area contributed by atoms with Crippen LogP contribution in [0.2, 0.25) is 0 Å². The molecule has 7 nitrogen and oxygen atoms in total. The lowest BCUT2D eigenvalue weighted by molar-refractivity contribution is 0.100. The zero-order valence-electron chi connectivity index (χ0n) is 11.6. The van der Waals surface area contributed by atoms with Crippen molar-refractivity contribution >= 4 is 22.5 Å². The second-order valence-electron chi connectivity index (χ2n) is 4.35. The number of rotatable bonds is 4. The molecule has 8 heteroatoms. The number of carbonyl (C=O) groups excluding carboxylic acids is 1. The van der Waals surface area contributed by atoms with Gasteiger partial charge in [0.2, 0.25) is 5.88 Å². The number of ether oxygens (including phenoxy) is 1. The minimum atomic E-state index is -3.65. The van der Waals surface area contributed by atoms with Gasteiger partial charge in [-0.1, -0.05) is 0 Å². The zero-order valence-corrected chi connectivity index (χ0v) is 12.4. The smallest absolute Gasteiger partial charge is 0.276 e. The highest BCUT2D eigenvalue weighted by atomic mass is 32.2. The van der Waals surface area contributed by atoms with Crippen LogP contribution in [-0.2, 0) is 9.84 Å². The number of aromatic hydroxyl groups is 1. The number of pyridine rings is 1. The first kappa shape index (κ1) is 15.6.